The number of nitrogens with one attached hydrogen (secondary N) is 1. The number of benzene rings is 1. The van der Waals surface area contributed by atoms with Crippen molar-refractivity contribution in [3.8, 4) is 17.0 Å². The lowest BCUT2D eigenvalue weighted by atomic mass is 10.1. The first kappa shape index (κ1) is 16.7. The highest BCUT2D eigenvalue weighted by Crippen LogP contribution is 2.33. The Labute approximate surface area is 146 Å². The molecule has 2 aromatic rings. The normalized spacial score (nSPS) is 14.2. The molecule has 1 aliphatic rings. The number of hydrogen-bond acceptors (Lipinski definition) is 6. The maximum Gasteiger partial charge on any atom is 0.299 e. The van der Waals surface area contributed by atoms with Crippen LogP contribution in [0.4, 0.5) is 0 Å². The van der Waals surface area contributed by atoms with E-state index in [1.54, 1.807) is 24.3 Å². The Hall–Kier alpha value is -2.13. The van der Waals surface area contributed by atoms with Crippen LogP contribution in [0.25, 0.3) is 11.3 Å². The standard InChI is InChI=1S/C15H13BrN2O5S/c1-9(15(19)18-24(20,21)11-3-4-11)23-14-5-2-10(16)8-12(14)13-6-7-22-17-13/h2,5-8,11H,1,3-4H2,(H,18,19). The number of hydrogen-bond donors (Lipinski definition) is 1. The summed E-state index contributed by atoms with van der Waals surface area (Å²) >= 11 is 3.34. The third-order valence-electron chi connectivity index (χ3n) is 3.34. The Morgan fingerprint density at radius 3 is 2.75 bits per heavy atom. The molecule has 1 N–H and O–H groups in total. The van der Waals surface area contributed by atoms with Crippen molar-refractivity contribution in [1.29, 1.82) is 0 Å². The first-order valence-electron chi connectivity index (χ1n) is 7.00. The van der Waals surface area contributed by atoms with Gasteiger partial charge in [0, 0.05) is 16.1 Å². The van der Waals surface area contributed by atoms with Crippen molar-refractivity contribution < 1.29 is 22.5 Å². The van der Waals surface area contributed by atoms with Crippen LogP contribution in [0.2, 0.25) is 0 Å². The number of halogens is 1. The Kier molecular flexibility index (Phi) is 4.46. The van der Waals surface area contributed by atoms with Crippen molar-refractivity contribution in [1.82, 2.24) is 9.88 Å². The molecule has 0 unspecified atom stereocenters. The van der Waals surface area contributed by atoms with Gasteiger partial charge in [0.1, 0.15) is 17.7 Å². The van der Waals surface area contributed by atoms with Gasteiger partial charge < -0.3 is 9.26 Å². The number of sulfonamides is 1. The SMILES string of the molecule is C=C(Oc1ccc(Br)cc1-c1ccon1)C(=O)NS(=O)(=O)C1CC1. The van der Waals surface area contributed by atoms with Crippen molar-refractivity contribution in [2.45, 2.75) is 18.1 Å². The third kappa shape index (κ3) is 3.68. The number of amides is 1. The highest BCUT2D eigenvalue weighted by Gasteiger charge is 2.37. The number of rotatable bonds is 6. The molecule has 1 amide bonds. The fourth-order valence-corrected chi connectivity index (χ4v) is 3.63. The van der Waals surface area contributed by atoms with Gasteiger partial charge in [0.05, 0.1) is 5.25 Å². The molecule has 3 rings (SSSR count). The molecule has 1 aliphatic carbocycles. The predicted molar refractivity (Wildman–Crippen MR) is 89.5 cm³/mol. The lowest BCUT2D eigenvalue weighted by Gasteiger charge is -2.12. The molecule has 1 aromatic carbocycles. The van der Waals surface area contributed by atoms with Crippen molar-refractivity contribution in [2.75, 3.05) is 0 Å². The quantitative estimate of drug-likeness (QED) is 0.578. The van der Waals surface area contributed by atoms with Crippen molar-refractivity contribution >= 4 is 31.9 Å². The summed E-state index contributed by atoms with van der Waals surface area (Å²) in [6, 6.07) is 6.70. The van der Waals surface area contributed by atoms with E-state index in [4.69, 9.17) is 9.26 Å². The van der Waals surface area contributed by atoms with Gasteiger partial charge in [0.25, 0.3) is 5.91 Å². The summed E-state index contributed by atoms with van der Waals surface area (Å²) in [5.41, 5.74) is 1.07. The van der Waals surface area contributed by atoms with Gasteiger partial charge in [0.15, 0.2) is 5.76 Å². The van der Waals surface area contributed by atoms with Gasteiger partial charge in [0.2, 0.25) is 10.0 Å². The van der Waals surface area contributed by atoms with Crippen LogP contribution in [0, 0.1) is 0 Å². The summed E-state index contributed by atoms with van der Waals surface area (Å²) < 4.78 is 36.6. The molecule has 0 aliphatic heterocycles. The first-order chi connectivity index (χ1) is 11.4. The Morgan fingerprint density at radius 1 is 1.38 bits per heavy atom. The zero-order valence-corrected chi connectivity index (χ0v) is 14.8. The van der Waals surface area contributed by atoms with E-state index in [-0.39, 0.29) is 5.76 Å². The third-order valence-corrected chi connectivity index (χ3v) is 5.65. The fourth-order valence-electron chi connectivity index (χ4n) is 1.97. The lowest BCUT2D eigenvalue weighted by Crippen LogP contribution is -2.35. The van der Waals surface area contributed by atoms with E-state index in [2.05, 4.69) is 27.7 Å². The van der Waals surface area contributed by atoms with Gasteiger partial charge in [-0.2, -0.15) is 0 Å². The number of carbonyl (C=O) groups excluding carboxylic acids is 1. The molecule has 0 atom stereocenters. The number of aromatic nitrogens is 1. The lowest BCUT2D eigenvalue weighted by molar-refractivity contribution is -0.117. The molecule has 0 radical (unpaired) electrons. The highest BCUT2D eigenvalue weighted by molar-refractivity contribution is 9.10. The van der Waals surface area contributed by atoms with Gasteiger partial charge in [-0.15, -0.1) is 0 Å². The number of nitrogens with zero attached hydrogens (tertiary/aromatic N) is 1. The van der Waals surface area contributed by atoms with Crippen LogP contribution in [-0.2, 0) is 14.8 Å². The molecule has 1 aromatic heterocycles. The molecule has 24 heavy (non-hydrogen) atoms. The molecule has 126 valence electrons. The molecule has 1 fully saturated rings. The van der Waals surface area contributed by atoms with E-state index in [1.807, 2.05) is 4.72 Å². The number of carbonyl (C=O) groups is 1. The van der Waals surface area contributed by atoms with Crippen LogP contribution >= 0.6 is 15.9 Å². The average molecular weight is 413 g/mol. The average Bonchev–Trinajstić information content (AvgIpc) is 3.26. The number of ether oxygens (including phenoxy) is 1. The maximum atomic E-state index is 12.0. The molecular formula is C15H13BrN2O5S. The van der Waals surface area contributed by atoms with Crippen LogP contribution in [0.3, 0.4) is 0 Å². The molecule has 0 spiro atoms. The summed E-state index contributed by atoms with van der Waals surface area (Å²) in [4.78, 5) is 12.0. The zero-order valence-electron chi connectivity index (χ0n) is 12.4. The Balaban J connectivity index is 1.78. The minimum absolute atomic E-state index is 0.302. The van der Waals surface area contributed by atoms with E-state index >= 15 is 0 Å². The van der Waals surface area contributed by atoms with E-state index in [1.165, 1.54) is 6.26 Å². The maximum absolute atomic E-state index is 12.0. The van der Waals surface area contributed by atoms with Gasteiger partial charge in [-0.3, -0.25) is 4.79 Å². The van der Waals surface area contributed by atoms with Gasteiger partial charge in [-0.05, 0) is 31.0 Å². The molecule has 7 nitrogen and oxygen atoms in total. The molecule has 1 saturated carbocycles. The van der Waals surface area contributed by atoms with Crippen LogP contribution in [0.1, 0.15) is 12.8 Å². The fraction of sp³-hybridized carbons (Fsp3) is 0.200. The van der Waals surface area contributed by atoms with Crippen LogP contribution < -0.4 is 9.46 Å². The smallest absolute Gasteiger partial charge is 0.299 e. The second-order valence-corrected chi connectivity index (χ2v) is 8.10. The first-order valence-corrected chi connectivity index (χ1v) is 9.34. The molecule has 1 heterocycles. The molecule has 0 saturated heterocycles. The van der Waals surface area contributed by atoms with Crippen LogP contribution in [-0.4, -0.2) is 24.7 Å². The van der Waals surface area contributed by atoms with E-state index in [0.29, 0.717) is 29.8 Å². The minimum atomic E-state index is -3.66. The van der Waals surface area contributed by atoms with Gasteiger partial charge in [-0.1, -0.05) is 27.7 Å². The molecule has 9 heteroatoms. The molecular weight excluding hydrogens is 400 g/mol. The predicted octanol–water partition coefficient (Wildman–Crippen LogP) is 2.61. The monoisotopic (exact) mass is 412 g/mol. The van der Waals surface area contributed by atoms with Crippen molar-refractivity contribution in [2.24, 2.45) is 0 Å². The summed E-state index contributed by atoms with van der Waals surface area (Å²) in [5.74, 6) is -0.918. The van der Waals surface area contributed by atoms with Crippen LogP contribution in [0.15, 0.2) is 51.9 Å². The summed E-state index contributed by atoms with van der Waals surface area (Å²) in [6.07, 6.45) is 2.52. The summed E-state index contributed by atoms with van der Waals surface area (Å²) in [5, 5.41) is 3.32. The Bertz CT molecular complexity index is 889. The van der Waals surface area contributed by atoms with E-state index < -0.39 is 21.2 Å². The molecule has 0 bridgehead atoms. The largest absolute Gasteiger partial charge is 0.451 e. The highest BCUT2D eigenvalue weighted by atomic mass is 79.9. The minimum Gasteiger partial charge on any atom is -0.451 e. The van der Waals surface area contributed by atoms with Crippen molar-refractivity contribution in [3.05, 3.63) is 47.3 Å². The van der Waals surface area contributed by atoms with E-state index in [9.17, 15) is 13.2 Å². The van der Waals surface area contributed by atoms with Crippen LogP contribution in [0.5, 0.6) is 5.75 Å². The topological polar surface area (TPSA) is 98.5 Å². The van der Waals surface area contributed by atoms with Crippen molar-refractivity contribution in [3.63, 3.8) is 0 Å². The van der Waals surface area contributed by atoms with Gasteiger partial charge in [-0.25, -0.2) is 13.1 Å². The zero-order chi connectivity index (χ0) is 17.3. The summed E-state index contributed by atoms with van der Waals surface area (Å²) in [6.45, 7) is 3.50. The Morgan fingerprint density at radius 2 is 2.12 bits per heavy atom. The second kappa shape index (κ2) is 6.40. The van der Waals surface area contributed by atoms with E-state index in [0.717, 1.165) is 4.47 Å². The summed E-state index contributed by atoms with van der Waals surface area (Å²) in [7, 11) is -3.66. The van der Waals surface area contributed by atoms with Gasteiger partial charge >= 0.3 is 0 Å². The second-order valence-electron chi connectivity index (χ2n) is 5.23.